The fourth-order valence-corrected chi connectivity index (χ4v) is 3.55. The molecule has 1 heterocycles. The number of hydrogen-bond donors (Lipinski definition) is 1. The molecule has 0 aliphatic heterocycles. The molecule has 0 fully saturated rings. The summed E-state index contributed by atoms with van der Waals surface area (Å²) in [5.74, 6) is 0. The monoisotopic (exact) mass is 304 g/mol. The van der Waals surface area contributed by atoms with Gasteiger partial charge in [-0.15, -0.1) is 0 Å². The average molecular weight is 304 g/mol. The summed E-state index contributed by atoms with van der Waals surface area (Å²) < 4.78 is 23.2. The van der Waals surface area contributed by atoms with E-state index in [9.17, 15) is 5.11 Å². The van der Waals surface area contributed by atoms with E-state index in [1.165, 1.54) is 0 Å². The van der Waals surface area contributed by atoms with Crippen molar-refractivity contribution < 1.29 is 23.1 Å². The van der Waals surface area contributed by atoms with Crippen LogP contribution in [0.1, 0.15) is 6.42 Å². The summed E-state index contributed by atoms with van der Waals surface area (Å²) in [6, 6.07) is 0.689. The predicted molar refractivity (Wildman–Crippen MR) is 75.3 cm³/mol. The maximum absolute atomic E-state index is 9.78. The topological polar surface area (TPSA) is 75.0 Å². The molecule has 20 heavy (non-hydrogen) atoms. The number of rotatable bonds is 11. The first-order chi connectivity index (χ1) is 9.65. The highest BCUT2D eigenvalue weighted by atomic mass is 28.4. The SMILES string of the molecule is CO[Si](CCCOCC(O)Cn1ccnc1)(OC)OC. The third kappa shape index (κ3) is 5.69. The fraction of sp³-hybridized carbons (Fsp3) is 0.750. The minimum atomic E-state index is -2.50. The maximum Gasteiger partial charge on any atom is 0.500 e. The molecule has 1 rings (SSSR count). The largest absolute Gasteiger partial charge is 0.500 e. The summed E-state index contributed by atoms with van der Waals surface area (Å²) in [7, 11) is 2.28. The molecule has 0 bridgehead atoms. The van der Waals surface area contributed by atoms with Gasteiger partial charge in [-0.25, -0.2) is 4.98 Å². The quantitative estimate of drug-likeness (QED) is 0.475. The molecule has 0 radical (unpaired) electrons. The molecule has 0 aliphatic rings. The number of hydrogen-bond acceptors (Lipinski definition) is 6. The van der Waals surface area contributed by atoms with Crippen molar-refractivity contribution in [2.75, 3.05) is 34.5 Å². The van der Waals surface area contributed by atoms with Crippen LogP contribution in [-0.2, 0) is 24.6 Å². The van der Waals surface area contributed by atoms with Gasteiger partial charge in [-0.3, -0.25) is 0 Å². The first-order valence-corrected chi connectivity index (χ1v) is 8.46. The third-order valence-electron chi connectivity index (χ3n) is 3.00. The summed E-state index contributed by atoms with van der Waals surface area (Å²) >= 11 is 0. The Balaban J connectivity index is 2.12. The smallest absolute Gasteiger partial charge is 0.389 e. The second-order valence-electron chi connectivity index (χ2n) is 4.39. The molecule has 0 aliphatic carbocycles. The van der Waals surface area contributed by atoms with Gasteiger partial charge >= 0.3 is 8.80 Å². The van der Waals surface area contributed by atoms with E-state index in [0.29, 0.717) is 25.8 Å². The number of aliphatic hydroxyl groups is 1. The van der Waals surface area contributed by atoms with Gasteiger partial charge in [-0.2, -0.15) is 0 Å². The highest BCUT2D eigenvalue weighted by Crippen LogP contribution is 2.14. The molecular weight excluding hydrogens is 280 g/mol. The predicted octanol–water partition coefficient (Wildman–Crippen LogP) is 0.529. The van der Waals surface area contributed by atoms with Crippen molar-refractivity contribution in [3.05, 3.63) is 18.7 Å². The molecular formula is C12H24N2O5Si. The first kappa shape index (κ1) is 17.3. The second kappa shape index (κ2) is 9.22. The van der Waals surface area contributed by atoms with Crippen LogP contribution in [0.25, 0.3) is 0 Å². The van der Waals surface area contributed by atoms with Gasteiger partial charge in [0.05, 0.1) is 25.6 Å². The molecule has 0 spiro atoms. The zero-order chi connectivity index (χ0) is 14.8. The lowest BCUT2D eigenvalue weighted by Crippen LogP contribution is -2.42. The summed E-state index contributed by atoms with van der Waals surface area (Å²) in [6.07, 6.45) is 5.37. The summed E-state index contributed by atoms with van der Waals surface area (Å²) in [5, 5.41) is 9.78. The zero-order valence-electron chi connectivity index (χ0n) is 12.3. The van der Waals surface area contributed by atoms with Crippen LogP contribution in [0.5, 0.6) is 0 Å². The summed E-state index contributed by atoms with van der Waals surface area (Å²) in [5.41, 5.74) is 0. The number of nitrogens with zero attached hydrogens (tertiary/aromatic N) is 2. The second-order valence-corrected chi connectivity index (χ2v) is 7.48. The molecule has 0 aromatic carbocycles. The standard InChI is InChI=1S/C12H24N2O5Si/c1-16-20(17-2,18-3)8-4-7-19-10-12(15)9-14-6-5-13-11-14/h5-6,11-12,15H,4,7-10H2,1-3H3. The van der Waals surface area contributed by atoms with Crippen LogP contribution in [0.4, 0.5) is 0 Å². The van der Waals surface area contributed by atoms with Crippen molar-refractivity contribution in [3.8, 4) is 0 Å². The van der Waals surface area contributed by atoms with Crippen molar-refractivity contribution in [1.82, 2.24) is 9.55 Å². The van der Waals surface area contributed by atoms with Gasteiger partial charge in [-0.1, -0.05) is 0 Å². The van der Waals surface area contributed by atoms with Crippen LogP contribution in [0.15, 0.2) is 18.7 Å². The summed E-state index contributed by atoms with van der Waals surface area (Å²) in [6.45, 7) is 1.30. The van der Waals surface area contributed by atoms with E-state index in [-0.39, 0.29) is 0 Å². The Kier molecular flexibility index (Phi) is 7.96. The molecule has 7 nitrogen and oxygen atoms in total. The molecule has 116 valence electrons. The minimum Gasteiger partial charge on any atom is -0.389 e. The van der Waals surface area contributed by atoms with Gasteiger partial charge in [0.2, 0.25) is 0 Å². The molecule has 8 heteroatoms. The fourth-order valence-electron chi connectivity index (χ4n) is 1.86. The van der Waals surface area contributed by atoms with Gasteiger partial charge in [-0.05, 0) is 6.42 Å². The van der Waals surface area contributed by atoms with E-state index in [4.69, 9.17) is 18.0 Å². The van der Waals surface area contributed by atoms with E-state index in [1.54, 1.807) is 40.1 Å². The van der Waals surface area contributed by atoms with E-state index < -0.39 is 14.9 Å². The van der Waals surface area contributed by atoms with Gasteiger partial charge in [0, 0.05) is 46.4 Å². The number of aromatic nitrogens is 2. The summed E-state index contributed by atoms with van der Waals surface area (Å²) in [4.78, 5) is 3.91. The normalized spacial score (nSPS) is 13.6. The Morgan fingerprint density at radius 2 is 1.95 bits per heavy atom. The zero-order valence-corrected chi connectivity index (χ0v) is 13.3. The molecule has 1 unspecified atom stereocenters. The molecule has 0 saturated heterocycles. The van der Waals surface area contributed by atoms with Crippen molar-refractivity contribution in [1.29, 1.82) is 0 Å². The van der Waals surface area contributed by atoms with Gasteiger partial charge in [0.15, 0.2) is 0 Å². The Labute approximate surface area is 120 Å². The van der Waals surface area contributed by atoms with Crippen molar-refractivity contribution in [3.63, 3.8) is 0 Å². The number of aliphatic hydroxyl groups excluding tert-OH is 1. The first-order valence-electron chi connectivity index (χ1n) is 6.53. The molecule has 1 aromatic rings. The van der Waals surface area contributed by atoms with E-state index in [2.05, 4.69) is 4.98 Å². The van der Waals surface area contributed by atoms with E-state index >= 15 is 0 Å². The van der Waals surface area contributed by atoms with Crippen LogP contribution in [-0.4, -0.2) is 64.1 Å². The highest BCUT2D eigenvalue weighted by molar-refractivity contribution is 6.60. The molecule has 1 aromatic heterocycles. The highest BCUT2D eigenvalue weighted by Gasteiger charge is 2.36. The molecule has 1 atom stereocenters. The van der Waals surface area contributed by atoms with Gasteiger partial charge in [0.1, 0.15) is 0 Å². The van der Waals surface area contributed by atoms with E-state index in [0.717, 1.165) is 6.42 Å². The Hall–Kier alpha value is -0.773. The molecule has 0 amide bonds. The van der Waals surface area contributed by atoms with Gasteiger partial charge in [0.25, 0.3) is 0 Å². The molecule has 1 N–H and O–H groups in total. The molecule has 0 saturated carbocycles. The number of imidazole rings is 1. The lowest BCUT2D eigenvalue weighted by Gasteiger charge is -2.24. The maximum atomic E-state index is 9.78. The Bertz CT molecular complexity index is 337. The lowest BCUT2D eigenvalue weighted by molar-refractivity contribution is 0.0266. The van der Waals surface area contributed by atoms with E-state index in [1.807, 2.05) is 4.57 Å². The van der Waals surface area contributed by atoms with Crippen LogP contribution in [0.3, 0.4) is 0 Å². The van der Waals surface area contributed by atoms with Crippen LogP contribution >= 0.6 is 0 Å². The Morgan fingerprint density at radius 3 is 2.50 bits per heavy atom. The van der Waals surface area contributed by atoms with Crippen molar-refractivity contribution >= 4 is 8.80 Å². The lowest BCUT2D eigenvalue weighted by atomic mass is 10.4. The van der Waals surface area contributed by atoms with Crippen LogP contribution in [0, 0.1) is 0 Å². The van der Waals surface area contributed by atoms with Crippen molar-refractivity contribution in [2.24, 2.45) is 0 Å². The minimum absolute atomic E-state index is 0.291. The van der Waals surface area contributed by atoms with Crippen LogP contribution in [0.2, 0.25) is 6.04 Å². The van der Waals surface area contributed by atoms with Crippen LogP contribution < -0.4 is 0 Å². The Morgan fingerprint density at radius 1 is 1.25 bits per heavy atom. The number of ether oxygens (including phenoxy) is 1. The van der Waals surface area contributed by atoms with Crippen molar-refractivity contribution in [2.45, 2.75) is 25.1 Å². The van der Waals surface area contributed by atoms with Gasteiger partial charge < -0.3 is 27.7 Å². The third-order valence-corrected chi connectivity index (χ3v) is 5.83. The average Bonchev–Trinajstić information content (AvgIpc) is 2.96.